The molecule has 1 amide bonds. The van der Waals surface area contributed by atoms with Crippen LogP contribution in [0.15, 0.2) is 114 Å². The minimum absolute atomic E-state index is 0.0463. The first-order valence-electron chi connectivity index (χ1n) is 13.8. The SMILES string of the molecule is C[C@H](Oc1cccc(C(=N)C2=C(NCC(=O)O)C(=O)NC2c2ccc(OCc3ccc(N)cc3)cc2)c1)c1ccccc1. The molecule has 0 saturated carbocycles. The molecular formula is C34H32N4O5. The van der Waals surface area contributed by atoms with Gasteiger partial charge in [0.2, 0.25) is 0 Å². The highest BCUT2D eigenvalue weighted by Gasteiger charge is 2.36. The van der Waals surface area contributed by atoms with E-state index in [4.69, 9.17) is 20.6 Å². The van der Waals surface area contributed by atoms with E-state index in [1.165, 1.54) is 0 Å². The summed E-state index contributed by atoms with van der Waals surface area (Å²) in [6.07, 6.45) is -0.221. The molecule has 1 unspecified atom stereocenters. The highest BCUT2D eigenvalue weighted by atomic mass is 16.5. The van der Waals surface area contributed by atoms with Gasteiger partial charge in [-0.15, -0.1) is 0 Å². The van der Waals surface area contributed by atoms with Gasteiger partial charge >= 0.3 is 5.97 Å². The molecular weight excluding hydrogens is 544 g/mol. The molecule has 1 heterocycles. The van der Waals surface area contributed by atoms with Crippen LogP contribution in [0, 0.1) is 5.41 Å². The Bertz CT molecular complexity index is 1650. The van der Waals surface area contributed by atoms with Gasteiger partial charge in [-0.2, -0.15) is 0 Å². The third-order valence-corrected chi connectivity index (χ3v) is 7.05. The maximum atomic E-state index is 13.1. The lowest BCUT2D eigenvalue weighted by Crippen LogP contribution is -2.29. The van der Waals surface area contributed by atoms with Crippen LogP contribution in [-0.2, 0) is 16.2 Å². The minimum Gasteiger partial charge on any atom is -0.489 e. The normalized spacial score (nSPS) is 15.0. The molecule has 218 valence electrons. The molecule has 0 radical (unpaired) electrons. The lowest BCUT2D eigenvalue weighted by atomic mass is 9.92. The monoisotopic (exact) mass is 576 g/mol. The Balaban J connectivity index is 1.39. The largest absolute Gasteiger partial charge is 0.489 e. The van der Waals surface area contributed by atoms with Crippen LogP contribution in [-0.4, -0.2) is 29.2 Å². The predicted molar refractivity (Wildman–Crippen MR) is 164 cm³/mol. The minimum atomic E-state index is -1.12. The number of carbonyl (C=O) groups excluding carboxylic acids is 1. The van der Waals surface area contributed by atoms with Crippen LogP contribution in [0.5, 0.6) is 11.5 Å². The van der Waals surface area contributed by atoms with Crippen molar-refractivity contribution in [2.45, 2.75) is 25.7 Å². The molecule has 0 aliphatic carbocycles. The van der Waals surface area contributed by atoms with E-state index in [1.54, 1.807) is 30.3 Å². The van der Waals surface area contributed by atoms with Gasteiger partial charge in [-0.3, -0.25) is 15.0 Å². The van der Waals surface area contributed by atoms with Gasteiger partial charge in [0.1, 0.15) is 36.5 Å². The van der Waals surface area contributed by atoms with Crippen LogP contribution in [0.2, 0.25) is 0 Å². The lowest BCUT2D eigenvalue weighted by Gasteiger charge is -2.19. The fourth-order valence-corrected chi connectivity index (χ4v) is 4.81. The number of anilines is 1. The lowest BCUT2D eigenvalue weighted by molar-refractivity contribution is -0.135. The van der Waals surface area contributed by atoms with Crippen LogP contribution < -0.4 is 25.8 Å². The third-order valence-electron chi connectivity index (χ3n) is 7.05. The number of nitrogens with two attached hydrogens (primary N) is 1. The van der Waals surface area contributed by atoms with Gasteiger partial charge in [0.15, 0.2) is 0 Å². The van der Waals surface area contributed by atoms with Crippen LogP contribution in [0.1, 0.15) is 41.3 Å². The van der Waals surface area contributed by atoms with Gasteiger partial charge in [0, 0.05) is 16.8 Å². The molecule has 6 N–H and O–H groups in total. The Morgan fingerprint density at radius 2 is 1.70 bits per heavy atom. The quantitative estimate of drug-likeness (QED) is 0.116. The van der Waals surface area contributed by atoms with E-state index < -0.39 is 24.5 Å². The van der Waals surface area contributed by atoms with Crippen molar-refractivity contribution in [3.05, 3.63) is 137 Å². The number of carboxylic acids is 1. The molecule has 4 aromatic rings. The molecule has 2 atom stereocenters. The molecule has 4 aromatic carbocycles. The van der Waals surface area contributed by atoms with Crippen molar-refractivity contribution in [1.82, 2.24) is 10.6 Å². The summed E-state index contributed by atoms with van der Waals surface area (Å²) in [5.41, 5.74) is 10.1. The van der Waals surface area contributed by atoms with Gasteiger partial charge < -0.3 is 30.9 Å². The third kappa shape index (κ3) is 7.02. The Morgan fingerprint density at radius 1 is 0.977 bits per heavy atom. The van der Waals surface area contributed by atoms with E-state index in [-0.39, 0.29) is 17.5 Å². The van der Waals surface area contributed by atoms with Gasteiger partial charge in [-0.25, -0.2) is 0 Å². The number of rotatable bonds is 12. The topological polar surface area (TPSA) is 147 Å². The summed E-state index contributed by atoms with van der Waals surface area (Å²) in [6.45, 7) is 1.84. The number of nitrogen functional groups attached to an aromatic ring is 1. The van der Waals surface area contributed by atoms with Gasteiger partial charge in [0.05, 0.1) is 11.8 Å². The molecule has 0 fully saturated rings. The highest BCUT2D eigenvalue weighted by Crippen LogP contribution is 2.34. The van der Waals surface area contributed by atoms with E-state index in [0.29, 0.717) is 40.5 Å². The summed E-state index contributed by atoms with van der Waals surface area (Å²) in [5.74, 6) is -0.412. The zero-order chi connectivity index (χ0) is 30.3. The maximum absolute atomic E-state index is 13.1. The van der Waals surface area contributed by atoms with Crippen molar-refractivity contribution in [2.24, 2.45) is 0 Å². The zero-order valence-electron chi connectivity index (χ0n) is 23.5. The number of ether oxygens (including phenoxy) is 2. The number of nitrogens with one attached hydrogen (secondary N) is 3. The van der Waals surface area contributed by atoms with Crippen molar-refractivity contribution in [3.8, 4) is 11.5 Å². The number of amides is 1. The van der Waals surface area contributed by atoms with Crippen LogP contribution >= 0.6 is 0 Å². The Kier molecular flexibility index (Phi) is 8.71. The van der Waals surface area contributed by atoms with E-state index >= 15 is 0 Å². The number of hydrogen-bond donors (Lipinski definition) is 5. The van der Waals surface area contributed by atoms with E-state index in [9.17, 15) is 14.7 Å². The zero-order valence-corrected chi connectivity index (χ0v) is 23.5. The fraction of sp³-hybridized carbons (Fsp3) is 0.147. The van der Waals surface area contributed by atoms with Crippen LogP contribution in [0.4, 0.5) is 5.69 Å². The number of carbonyl (C=O) groups is 2. The number of benzene rings is 4. The second-order valence-electron chi connectivity index (χ2n) is 10.1. The van der Waals surface area contributed by atoms with Crippen LogP contribution in [0.3, 0.4) is 0 Å². The van der Waals surface area contributed by atoms with Crippen molar-refractivity contribution >= 4 is 23.3 Å². The Morgan fingerprint density at radius 3 is 2.40 bits per heavy atom. The molecule has 0 aromatic heterocycles. The molecule has 9 nitrogen and oxygen atoms in total. The second-order valence-corrected chi connectivity index (χ2v) is 10.1. The van der Waals surface area contributed by atoms with Crippen molar-refractivity contribution in [2.75, 3.05) is 12.3 Å². The summed E-state index contributed by atoms with van der Waals surface area (Å²) < 4.78 is 12.1. The van der Waals surface area contributed by atoms with Gasteiger partial charge in [0.25, 0.3) is 5.91 Å². The first-order chi connectivity index (χ1) is 20.8. The van der Waals surface area contributed by atoms with E-state index in [0.717, 1.165) is 11.1 Å². The van der Waals surface area contributed by atoms with E-state index in [1.807, 2.05) is 79.7 Å². The molecule has 1 aliphatic rings. The summed E-state index contributed by atoms with van der Waals surface area (Å²) in [6, 6.07) is 30.9. The van der Waals surface area contributed by atoms with Crippen molar-refractivity contribution < 1.29 is 24.2 Å². The summed E-state index contributed by atoms with van der Waals surface area (Å²) in [5, 5.41) is 24.0. The fourth-order valence-electron chi connectivity index (χ4n) is 4.81. The molecule has 5 rings (SSSR count). The highest BCUT2D eigenvalue weighted by molar-refractivity contribution is 6.18. The van der Waals surface area contributed by atoms with Crippen molar-refractivity contribution in [3.63, 3.8) is 0 Å². The average molecular weight is 577 g/mol. The van der Waals surface area contributed by atoms with Crippen LogP contribution in [0.25, 0.3) is 0 Å². The summed E-state index contributed by atoms with van der Waals surface area (Å²) >= 11 is 0. The molecule has 1 aliphatic heterocycles. The first kappa shape index (κ1) is 28.9. The maximum Gasteiger partial charge on any atom is 0.322 e. The number of carboxylic acid groups (broad SMARTS) is 1. The molecule has 43 heavy (non-hydrogen) atoms. The molecule has 0 spiro atoms. The molecule has 0 saturated heterocycles. The van der Waals surface area contributed by atoms with Gasteiger partial charge in [-0.05, 0) is 60.0 Å². The smallest absolute Gasteiger partial charge is 0.322 e. The van der Waals surface area contributed by atoms with Crippen molar-refractivity contribution in [1.29, 1.82) is 5.41 Å². The Labute approximate surface area is 249 Å². The summed E-state index contributed by atoms with van der Waals surface area (Å²) in [4.78, 5) is 24.4. The van der Waals surface area contributed by atoms with Gasteiger partial charge in [-0.1, -0.05) is 66.7 Å². The number of hydrogen-bond acceptors (Lipinski definition) is 7. The predicted octanol–water partition coefficient (Wildman–Crippen LogP) is 5.16. The standard InChI is InChI=1S/C34H32N4O5/c1-21(23-6-3-2-4-7-23)43-28-9-5-8-25(18-28)31(36)30-32(38-34(41)33(30)37-19-29(39)40)24-12-16-27(17-13-24)42-20-22-10-14-26(35)15-11-22/h2-18,21,32,36-37H,19-20,35H2,1H3,(H,38,41)(H,39,40)/t21-,32?/m0/s1. The molecule has 9 heteroatoms. The number of aliphatic carboxylic acids is 1. The Hall–Kier alpha value is -5.57. The molecule has 0 bridgehead atoms. The second kappa shape index (κ2) is 12.9. The summed E-state index contributed by atoms with van der Waals surface area (Å²) in [7, 11) is 0. The average Bonchev–Trinajstić information content (AvgIpc) is 3.35. The first-order valence-corrected chi connectivity index (χ1v) is 13.8. The van der Waals surface area contributed by atoms with E-state index in [2.05, 4.69) is 10.6 Å².